The van der Waals surface area contributed by atoms with Crippen molar-refractivity contribution in [1.82, 2.24) is 10.2 Å². The number of ether oxygens (including phenoxy) is 1. The van der Waals surface area contributed by atoms with Crippen molar-refractivity contribution < 1.29 is 13.5 Å². The molecule has 1 aromatic rings. The van der Waals surface area contributed by atoms with E-state index in [1.54, 1.807) is 12.1 Å². The number of alkyl halides is 2. The van der Waals surface area contributed by atoms with Gasteiger partial charge in [-0.05, 0) is 51.4 Å². The molecule has 0 radical (unpaired) electrons. The van der Waals surface area contributed by atoms with E-state index >= 15 is 0 Å². The van der Waals surface area contributed by atoms with E-state index in [0.717, 1.165) is 18.2 Å². The minimum absolute atomic E-state index is 0.181. The van der Waals surface area contributed by atoms with Gasteiger partial charge in [-0.15, -0.1) is 0 Å². The minimum Gasteiger partial charge on any atom is -0.435 e. The fourth-order valence-corrected chi connectivity index (χ4v) is 2.39. The summed E-state index contributed by atoms with van der Waals surface area (Å²) < 4.78 is 28.5. The number of hydrogen-bond donors (Lipinski definition) is 1. The van der Waals surface area contributed by atoms with Crippen LogP contribution in [-0.4, -0.2) is 37.2 Å². The number of halogens is 2. The lowest BCUT2D eigenvalue weighted by Gasteiger charge is -2.26. The molecule has 1 saturated carbocycles. The van der Waals surface area contributed by atoms with Crippen molar-refractivity contribution >= 4 is 0 Å². The average molecular weight is 298 g/mol. The van der Waals surface area contributed by atoms with Gasteiger partial charge in [0.15, 0.2) is 0 Å². The lowest BCUT2D eigenvalue weighted by atomic mass is 10.1. The molecule has 1 aliphatic rings. The Labute approximate surface area is 125 Å². The summed E-state index contributed by atoms with van der Waals surface area (Å²) in [6.45, 7) is 2.43. The summed E-state index contributed by atoms with van der Waals surface area (Å²) in [5.74, 6) is 0.197. The van der Waals surface area contributed by atoms with Crippen LogP contribution in [0.15, 0.2) is 24.3 Å². The third-order valence-electron chi connectivity index (χ3n) is 4.14. The van der Waals surface area contributed by atoms with Crippen molar-refractivity contribution in [1.29, 1.82) is 0 Å². The Morgan fingerprint density at radius 3 is 2.38 bits per heavy atom. The van der Waals surface area contributed by atoms with Crippen LogP contribution in [0.3, 0.4) is 0 Å². The molecule has 0 aliphatic heterocycles. The zero-order chi connectivity index (χ0) is 15.4. The zero-order valence-corrected chi connectivity index (χ0v) is 12.9. The molecule has 0 aromatic heterocycles. The molecule has 0 bridgehead atoms. The first-order valence-electron chi connectivity index (χ1n) is 7.47. The third kappa shape index (κ3) is 4.93. The van der Waals surface area contributed by atoms with E-state index in [2.05, 4.69) is 35.8 Å². The average Bonchev–Trinajstić information content (AvgIpc) is 3.28. The Kier molecular flexibility index (Phi) is 5.53. The lowest BCUT2D eigenvalue weighted by Crippen LogP contribution is -2.39. The first-order valence-corrected chi connectivity index (χ1v) is 7.47. The molecule has 1 aliphatic carbocycles. The molecule has 0 saturated heterocycles. The summed E-state index contributed by atoms with van der Waals surface area (Å²) >= 11 is 0. The highest BCUT2D eigenvalue weighted by Gasteiger charge is 2.29. The van der Waals surface area contributed by atoms with Crippen molar-refractivity contribution in [2.75, 3.05) is 13.6 Å². The highest BCUT2D eigenvalue weighted by molar-refractivity contribution is 5.28. The molecule has 118 valence electrons. The third-order valence-corrected chi connectivity index (χ3v) is 4.14. The van der Waals surface area contributed by atoms with Crippen molar-refractivity contribution in [3.63, 3.8) is 0 Å². The first kappa shape index (κ1) is 16.2. The van der Waals surface area contributed by atoms with Crippen LogP contribution < -0.4 is 10.1 Å². The van der Waals surface area contributed by atoms with Crippen molar-refractivity contribution in [2.24, 2.45) is 0 Å². The highest BCUT2D eigenvalue weighted by Crippen LogP contribution is 2.27. The number of nitrogens with zero attached hydrogens (tertiary/aromatic N) is 1. The standard InChI is InChI=1S/C16H24F2N2O/c1-11(20(3)14-6-7-14)10-19-12(2)13-4-8-15(9-5-13)21-16(17)18/h4-5,8-9,11-12,14,16,19H,6-7,10H2,1-3H3. The number of rotatable bonds is 8. The van der Waals surface area contributed by atoms with Crippen molar-refractivity contribution in [3.8, 4) is 5.75 Å². The van der Waals surface area contributed by atoms with Gasteiger partial charge < -0.3 is 10.1 Å². The summed E-state index contributed by atoms with van der Waals surface area (Å²) in [5.41, 5.74) is 1.07. The summed E-state index contributed by atoms with van der Waals surface area (Å²) in [7, 11) is 2.17. The summed E-state index contributed by atoms with van der Waals surface area (Å²) in [5, 5.41) is 3.49. The van der Waals surface area contributed by atoms with Crippen LogP contribution in [0.2, 0.25) is 0 Å². The second-order valence-corrected chi connectivity index (χ2v) is 5.82. The fraction of sp³-hybridized carbons (Fsp3) is 0.625. The van der Waals surface area contributed by atoms with Crippen LogP contribution in [0.1, 0.15) is 38.3 Å². The normalized spacial score (nSPS) is 18.0. The van der Waals surface area contributed by atoms with Gasteiger partial charge in [-0.25, -0.2) is 0 Å². The molecule has 0 spiro atoms. The van der Waals surface area contributed by atoms with Gasteiger partial charge in [0.05, 0.1) is 0 Å². The monoisotopic (exact) mass is 298 g/mol. The smallest absolute Gasteiger partial charge is 0.387 e. The molecule has 5 heteroatoms. The SMILES string of the molecule is CC(NCC(C)N(C)C1CC1)c1ccc(OC(F)F)cc1. The maximum absolute atomic E-state index is 12.1. The molecule has 2 unspecified atom stereocenters. The van der Waals surface area contributed by atoms with Crippen LogP contribution in [0.25, 0.3) is 0 Å². The Balaban J connectivity index is 1.80. The molecule has 1 N–H and O–H groups in total. The number of benzene rings is 1. The van der Waals surface area contributed by atoms with Gasteiger partial charge in [0.2, 0.25) is 0 Å². The van der Waals surface area contributed by atoms with Gasteiger partial charge in [0, 0.05) is 24.7 Å². The maximum atomic E-state index is 12.1. The quantitative estimate of drug-likeness (QED) is 0.796. The molecule has 1 aromatic carbocycles. The van der Waals surface area contributed by atoms with Gasteiger partial charge in [-0.1, -0.05) is 12.1 Å². The van der Waals surface area contributed by atoms with E-state index < -0.39 is 6.61 Å². The van der Waals surface area contributed by atoms with Crippen LogP contribution in [0.5, 0.6) is 5.75 Å². The molecular formula is C16H24F2N2O. The van der Waals surface area contributed by atoms with Gasteiger partial charge in [-0.2, -0.15) is 8.78 Å². The Bertz CT molecular complexity index is 434. The summed E-state index contributed by atoms with van der Waals surface area (Å²) in [6.07, 6.45) is 2.62. The topological polar surface area (TPSA) is 24.5 Å². The number of nitrogens with one attached hydrogen (secondary N) is 1. The Hall–Kier alpha value is -1.20. The van der Waals surface area contributed by atoms with Gasteiger partial charge in [0.25, 0.3) is 0 Å². The van der Waals surface area contributed by atoms with Crippen LogP contribution in [0.4, 0.5) is 8.78 Å². The molecule has 1 fully saturated rings. The molecule has 21 heavy (non-hydrogen) atoms. The molecule has 2 atom stereocenters. The first-order chi connectivity index (χ1) is 9.97. The Morgan fingerprint density at radius 1 is 1.24 bits per heavy atom. The summed E-state index contributed by atoms with van der Waals surface area (Å²) in [6, 6.07) is 8.23. The lowest BCUT2D eigenvalue weighted by molar-refractivity contribution is -0.0498. The van der Waals surface area contributed by atoms with Gasteiger partial charge in [0.1, 0.15) is 5.75 Å². The van der Waals surface area contributed by atoms with E-state index in [-0.39, 0.29) is 11.8 Å². The van der Waals surface area contributed by atoms with Crippen molar-refractivity contribution in [2.45, 2.75) is 51.4 Å². The number of hydrogen-bond acceptors (Lipinski definition) is 3. The van der Waals surface area contributed by atoms with Crippen LogP contribution in [-0.2, 0) is 0 Å². The number of likely N-dealkylation sites (N-methyl/N-ethyl adjacent to an activating group) is 1. The van der Waals surface area contributed by atoms with Gasteiger partial charge >= 0.3 is 6.61 Å². The predicted molar refractivity (Wildman–Crippen MR) is 79.7 cm³/mol. The van der Waals surface area contributed by atoms with E-state index in [1.807, 2.05) is 12.1 Å². The minimum atomic E-state index is -2.77. The highest BCUT2D eigenvalue weighted by atomic mass is 19.3. The molecule has 3 nitrogen and oxygen atoms in total. The van der Waals surface area contributed by atoms with E-state index in [4.69, 9.17) is 0 Å². The van der Waals surface area contributed by atoms with Crippen LogP contribution in [0, 0.1) is 0 Å². The van der Waals surface area contributed by atoms with E-state index in [0.29, 0.717) is 6.04 Å². The second-order valence-electron chi connectivity index (χ2n) is 5.82. The van der Waals surface area contributed by atoms with Crippen LogP contribution >= 0.6 is 0 Å². The molecule has 0 amide bonds. The molecule has 2 rings (SSSR count). The van der Waals surface area contributed by atoms with E-state index in [1.165, 1.54) is 12.8 Å². The Morgan fingerprint density at radius 2 is 1.86 bits per heavy atom. The largest absolute Gasteiger partial charge is 0.435 e. The van der Waals surface area contributed by atoms with Gasteiger partial charge in [-0.3, -0.25) is 4.90 Å². The molecule has 0 heterocycles. The fourth-order valence-electron chi connectivity index (χ4n) is 2.39. The second kappa shape index (κ2) is 7.18. The van der Waals surface area contributed by atoms with Crippen molar-refractivity contribution in [3.05, 3.63) is 29.8 Å². The zero-order valence-electron chi connectivity index (χ0n) is 12.9. The van der Waals surface area contributed by atoms with E-state index in [9.17, 15) is 8.78 Å². The summed E-state index contributed by atoms with van der Waals surface area (Å²) in [4.78, 5) is 2.42. The molecular weight excluding hydrogens is 274 g/mol. The predicted octanol–water partition coefficient (Wildman–Crippen LogP) is 3.42. The maximum Gasteiger partial charge on any atom is 0.387 e.